The van der Waals surface area contributed by atoms with E-state index in [1.165, 1.54) is 27.5 Å². The van der Waals surface area contributed by atoms with Gasteiger partial charge in [-0.3, -0.25) is 0 Å². The van der Waals surface area contributed by atoms with Crippen LogP contribution < -0.4 is 0 Å². The molecule has 9 aromatic rings. The van der Waals surface area contributed by atoms with Gasteiger partial charge in [0.2, 0.25) is 0 Å². The first-order valence-electron chi connectivity index (χ1n) is 15.7. The molecule has 0 atom stereocenters. The maximum Gasteiger partial charge on any atom is 0.164 e. The third kappa shape index (κ3) is 5.02. The van der Waals surface area contributed by atoms with Gasteiger partial charge in [-0.15, -0.1) is 0 Å². The monoisotopic (exact) mass is 601 g/mol. The number of furan rings is 1. The van der Waals surface area contributed by atoms with E-state index < -0.39 is 0 Å². The number of fused-ring (bicyclic) bond motifs is 4. The molecule has 9 rings (SSSR count). The molecule has 0 aliphatic carbocycles. The van der Waals surface area contributed by atoms with Crippen molar-refractivity contribution >= 4 is 32.7 Å². The van der Waals surface area contributed by atoms with E-state index in [1.54, 1.807) is 0 Å². The highest BCUT2D eigenvalue weighted by Crippen LogP contribution is 2.34. The summed E-state index contributed by atoms with van der Waals surface area (Å²) < 4.78 is 6.07. The average molecular weight is 602 g/mol. The first-order valence-corrected chi connectivity index (χ1v) is 15.7. The van der Waals surface area contributed by atoms with Crippen LogP contribution in [-0.2, 0) is 0 Å². The first-order chi connectivity index (χ1) is 23.2. The lowest BCUT2D eigenvalue weighted by Gasteiger charge is -2.10. The summed E-state index contributed by atoms with van der Waals surface area (Å²) in [5, 5.41) is 4.54. The molecule has 0 aliphatic rings. The van der Waals surface area contributed by atoms with Crippen molar-refractivity contribution in [3.63, 3.8) is 0 Å². The summed E-state index contributed by atoms with van der Waals surface area (Å²) >= 11 is 0. The number of nitrogens with zero attached hydrogens (tertiary/aromatic N) is 3. The van der Waals surface area contributed by atoms with Crippen molar-refractivity contribution < 1.29 is 4.42 Å². The molecular formula is C43H27N3O. The number of hydrogen-bond acceptors (Lipinski definition) is 4. The Bertz CT molecular complexity index is 2550. The average Bonchev–Trinajstić information content (AvgIpc) is 3.53. The summed E-state index contributed by atoms with van der Waals surface area (Å²) in [7, 11) is 0. The molecule has 0 saturated carbocycles. The van der Waals surface area contributed by atoms with Crippen LogP contribution in [0.25, 0.3) is 89.1 Å². The highest BCUT2D eigenvalue weighted by molar-refractivity contribution is 6.06. The van der Waals surface area contributed by atoms with Crippen molar-refractivity contribution in [3.05, 3.63) is 164 Å². The SMILES string of the molecule is c1ccc(-c2ccc3cc(-c4ccc(-c5nc(-c6ccccc6)nc(-c6ccc7oc8ccccc8c7c6)n5)cc4)ccc3c2)cc1. The van der Waals surface area contributed by atoms with Gasteiger partial charge in [-0.2, -0.15) is 0 Å². The summed E-state index contributed by atoms with van der Waals surface area (Å²) in [5.41, 5.74) is 9.23. The number of hydrogen-bond donors (Lipinski definition) is 0. The van der Waals surface area contributed by atoms with Crippen LogP contribution in [0.4, 0.5) is 0 Å². The van der Waals surface area contributed by atoms with Crippen LogP contribution in [0.5, 0.6) is 0 Å². The third-order valence-corrected chi connectivity index (χ3v) is 8.73. The molecule has 0 bridgehead atoms. The predicted octanol–water partition coefficient (Wildman–Crippen LogP) is 11.3. The van der Waals surface area contributed by atoms with Gasteiger partial charge < -0.3 is 4.42 Å². The molecule has 0 radical (unpaired) electrons. The molecule has 0 fully saturated rings. The second kappa shape index (κ2) is 11.2. The molecule has 2 heterocycles. The molecule has 4 heteroatoms. The Kier molecular flexibility index (Phi) is 6.43. The normalized spacial score (nSPS) is 11.4. The van der Waals surface area contributed by atoms with Crippen molar-refractivity contribution in [2.45, 2.75) is 0 Å². The molecule has 0 spiro atoms. The number of benzene rings is 7. The number of rotatable bonds is 5. The molecule has 220 valence electrons. The van der Waals surface area contributed by atoms with Gasteiger partial charge in [0.25, 0.3) is 0 Å². The van der Waals surface area contributed by atoms with E-state index in [1.807, 2.05) is 66.7 Å². The minimum absolute atomic E-state index is 0.620. The van der Waals surface area contributed by atoms with Crippen molar-refractivity contribution in [2.24, 2.45) is 0 Å². The second-order valence-electron chi connectivity index (χ2n) is 11.7. The Morgan fingerprint density at radius 1 is 0.298 bits per heavy atom. The zero-order chi connectivity index (χ0) is 31.2. The van der Waals surface area contributed by atoms with Crippen LogP contribution >= 0.6 is 0 Å². The van der Waals surface area contributed by atoms with Crippen LogP contribution in [-0.4, -0.2) is 15.0 Å². The molecule has 0 aliphatic heterocycles. The summed E-state index contributed by atoms with van der Waals surface area (Å²) in [6.07, 6.45) is 0. The molecule has 0 saturated heterocycles. The van der Waals surface area contributed by atoms with E-state index in [9.17, 15) is 0 Å². The Labute approximate surface area is 271 Å². The van der Waals surface area contributed by atoms with Gasteiger partial charge in [-0.25, -0.2) is 15.0 Å². The second-order valence-corrected chi connectivity index (χ2v) is 11.7. The van der Waals surface area contributed by atoms with Crippen molar-refractivity contribution in [1.82, 2.24) is 15.0 Å². The number of para-hydroxylation sites is 1. The van der Waals surface area contributed by atoms with E-state index in [0.717, 1.165) is 44.2 Å². The Morgan fingerprint density at radius 3 is 1.40 bits per heavy atom. The van der Waals surface area contributed by atoms with Gasteiger partial charge in [0.1, 0.15) is 11.2 Å². The lowest BCUT2D eigenvalue weighted by Crippen LogP contribution is -2.00. The van der Waals surface area contributed by atoms with E-state index in [-0.39, 0.29) is 0 Å². The highest BCUT2D eigenvalue weighted by atomic mass is 16.3. The van der Waals surface area contributed by atoms with Crippen LogP contribution in [0.15, 0.2) is 168 Å². The third-order valence-electron chi connectivity index (χ3n) is 8.73. The maximum atomic E-state index is 6.07. The van der Waals surface area contributed by atoms with Gasteiger partial charge in [0, 0.05) is 27.5 Å². The molecule has 2 aromatic heterocycles. The van der Waals surface area contributed by atoms with Crippen LogP contribution in [0.3, 0.4) is 0 Å². The fourth-order valence-electron chi connectivity index (χ4n) is 6.26. The molecule has 0 unspecified atom stereocenters. The zero-order valence-electron chi connectivity index (χ0n) is 25.3. The van der Waals surface area contributed by atoms with Gasteiger partial charge in [-0.05, 0) is 69.4 Å². The molecule has 4 nitrogen and oxygen atoms in total. The predicted molar refractivity (Wildman–Crippen MR) is 192 cm³/mol. The first kappa shape index (κ1) is 27.0. The van der Waals surface area contributed by atoms with E-state index in [2.05, 4.69) is 97.1 Å². The topological polar surface area (TPSA) is 51.8 Å². The lowest BCUT2D eigenvalue weighted by molar-refractivity contribution is 0.669. The molecule has 0 N–H and O–H groups in total. The van der Waals surface area contributed by atoms with Gasteiger partial charge in [-0.1, -0.05) is 127 Å². The minimum Gasteiger partial charge on any atom is -0.456 e. The fourth-order valence-corrected chi connectivity index (χ4v) is 6.26. The van der Waals surface area contributed by atoms with Gasteiger partial charge in [0.05, 0.1) is 0 Å². The standard InChI is InChI=1S/C43H27N3O/c1-3-9-28(10-4-1)32-19-21-35-26-33(20-22-34(35)25-32)29-15-17-31(18-16-29)42-44-41(30-11-5-2-6-12-30)45-43(46-42)36-23-24-40-38(27-36)37-13-7-8-14-39(37)47-40/h1-27H. The maximum absolute atomic E-state index is 6.07. The van der Waals surface area contributed by atoms with Gasteiger partial charge in [0.15, 0.2) is 17.5 Å². The molecule has 0 amide bonds. The highest BCUT2D eigenvalue weighted by Gasteiger charge is 2.15. The van der Waals surface area contributed by atoms with Gasteiger partial charge >= 0.3 is 0 Å². The van der Waals surface area contributed by atoms with E-state index in [4.69, 9.17) is 19.4 Å². The molecular weight excluding hydrogens is 574 g/mol. The summed E-state index contributed by atoms with van der Waals surface area (Å²) in [4.78, 5) is 14.9. The fraction of sp³-hybridized carbons (Fsp3) is 0. The molecule has 7 aromatic carbocycles. The smallest absolute Gasteiger partial charge is 0.164 e. The number of aromatic nitrogens is 3. The zero-order valence-corrected chi connectivity index (χ0v) is 25.3. The van der Waals surface area contributed by atoms with E-state index >= 15 is 0 Å². The summed E-state index contributed by atoms with van der Waals surface area (Å²) in [6, 6.07) is 56.6. The minimum atomic E-state index is 0.620. The van der Waals surface area contributed by atoms with E-state index in [0.29, 0.717) is 17.5 Å². The Morgan fingerprint density at radius 2 is 0.745 bits per heavy atom. The summed E-state index contributed by atoms with van der Waals surface area (Å²) in [5.74, 6) is 1.88. The quantitative estimate of drug-likeness (QED) is 0.197. The van der Waals surface area contributed by atoms with Crippen molar-refractivity contribution in [1.29, 1.82) is 0 Å². The van der Waals surface area contributed by atoms with Crippen molar-refractivity contribution in [3.8, 4) is 56.4 Å². The van der Waals surface area contributed by atoms with Crippen LogP contribution in [0.1, 0.15) is 0 Å². The Hall–Kier alpha value is -6.39. The van der Waals surface area contributed by atoms with Crippen molar-refractivity contribution in [2.75, 3.05) is 0 Å². The van der Waals surface area contributed by atoms with Crippen LogP contribution in [0, 0.1) is 0 Å². The van der Waals surface area contributed by atoms with Crippen LogP contribution in [0.2, 0.25) is 0 Å². The molecule has 47 heavy (non-hydrogen) atoms. The lowest BCUT2D eigenvalue weighted by atomic mass is 9.97. The largest absolute Gasteiger partial charge is 0.456 e. The Balaban J connectivity index is 1.09. The summed E-state index contributed by atoms with van der Waals surface area (Å²) in [6.45, 7) is 0.